The number of hydrogen-bond donors (Lipinski definition) is 1. The minimum atomic E-state index is -4.18. The number of halogens is 3. The molecule has 1 heterocycles. The molecule has 0 aromatic heterocycles. The Kier molecular flexibility index (Phi) is 4.63. The molecule has 1 saturated carbocycles. The lowest BCUT2D eigenvalue weighted by atomic mass is 9.46. The highest BCUT2D eigenvalue weighted by atomic mass is 19.4. The van der Waals surface area contributed by atoms with E-state index >= 15 is 0 Å². The summed E-state index contributed by atoms with van der Waals surface area (Å²) in [5.74, 6) is 0.175. The van der Waals surface area contributed by atoms with Crippen LogP contribution in [0, 0.1) is 11.3 Å². The molecule has 0 aromatic rings. The third-order valence-electron chi connectivity index (χ3n) is 5.32. The summed E-state index contributed by atoms with van der Waals surface area (Å²) in [5, 5.41) is 0. The maximum absolute atomic E-state index is 12.7. The second kappa shape index (κ2) is 5.70. The van der Waals surface area contributed by atoms with E-state index in [2.05, 4.69) is 0 Å². The summed E-state index contributed by atoms with van der Waals surface area (Å²) in [6, 6.07) is 0. The first-order valence-electron chi connectivity index (χ1n) is 7.81. The van der Waals surface area contributed by atoms with Crippen LogP contribution in [0.2, 0.25) is 0 Å². The van der Waals surface area contributed by atoms with Crippen molar-refractivity contribution < 1.29 is 17.9 Å². The van der Waals surface area contributed by atoms with E-state index in [1.54, 1.807) is 0 Å². The van der Waals surface area contributed by atoms with Crippen molar-refractivity contribution in [2.24, 2.45) is 17.1 Å². The fourth-order valence-electron chi connectivity index (χ4n) is 4.14. The minimum absolute atomic E-state index is 0.0885. The summed E-state index contributed by atoms with van der Waals surface area (Å²) < 4.78 is 44.0. The highest BCUT2D eigenvalue weighted by Gasteiger charge is 2.66. The molecule has 1 aliphatic heterocycles. The van der Waals surface area contributed by atoms with Gasteiger partial charge in [0.1, 0.15) is 0 Å². The lowest BCUT2D eigenvalue weighted by Crippen LogP contribution is -2.80. The number of rotatable bonds is 5. The van der Waals surface area contributed by atoms with Gasteiger partial charge in [0, 0.05) is 30.0 Å². The first-order valence-corrected chi connectivity index (χ1v) is 7.81. The average Bonchev–Trinajstić information content (AvgIpc) is 2.37. The van der Waals surface area contributed by atoms with Crippen molar-refractivity contribution in [3.05, 3.63) is 0 Å². The van der Waals surface area contributed by atoms with E-state index in [-0.39, 0.29) is 24.0 Å². The fraction of sp³-hybridized carbons (Fsp3) is 1.00. The first kappa shape index (κ1) is 17.0. The molecule has 1 saturated heterocycles. The van der Waals surface area contributed by atoms with Crippen molar-refractivity contribution in [1.29, 1.82) is 0 Å². The monoisotopic (exact) mass is 308 g/mol. The topological polar surface area (TPSA) is 38.5 Å². The summed E-state index contributed by atoms with van der Waals surface area (Å²) in [7, 11) is 0. The van der Waals surface area contributed by atoms with Crippen molar-refractivity contribution in [1.82, 2.24) is 4.90 Å². The Labute approximate surface area is 125 Å². The molecule has 0 spiro atoms. The summed E-state index contributed by atoms with van der Waals surface area (Å²) in [4.78, 5) is 1.46. The second-order valence-electron chi connectivity index (χ2n) is 7.13. The highest BCUT2D eigenvalue weighted by Crippen LogP contribution is 2.57. The zero-order valence-electron chi connectivity index (χ0n) is 13.2. The Balaban J connectivity index is 2.10. The Hall–Kier alpha value is -0.330. The van der Waals surface area contributed by atoms with Gasteiger partial charge in [-0.1, -0.05) is 20.8 Å². The predicted molar refractivity (Wildman–Crippen MR) is 75.9 cm³/mol. The molecule has 2 rings (SSSR count). The number of nitrogens with two attached hydrogens (primary N) is 1. The van der Waals surface area contributed by atoms with Gasteiger partial charge in [-0.2, -0.15) is 13.2 Å². The zero-order valence-corrected chi connectivity index (χ0v) is 13.2. The van der Waals surface area contributed by atoms with E-state index in [1.165, 1.54) is 4.90 Å². The van der Waals surface area contributed by atoms with E-state index in [4.69, 9.17) is 10.5 Å². The molecule has 0 aromatic carbocycles. The summed E-state index contributed by atoms with van der Waals surface area (Å²) in [6.45, 7) is 6.51. The maximum Gasteiger partial charge on any atom is 0.401 e. The number of fused-ring (bicyclic) bond motifs is 1. The van der Waals surface area contributed by atoms with Gasteiger partial charge in [-0.15, -0.1) is 0 Å². The normalized spacial score (nSPS) is 35.4. The Morgan fingerprint density at radius 2 is 2.00 bits per heavy atom. The third-order valence-corrected chi connectivity index (χ3v) is 5.32. The van der Waals surface area contributed by atoms with Crippen LogP contribution < -0.4 is 5.73 Å². The molecule has 21 heavy (non-hydrogen) atoms. The number of nitrogens with zero attached hydrogens (tertiary/aromatic N) is 1. The molecular weight excluding hydrogens is 281 g/mol. The van der Waals surface area contributed by atoms with Crippen LogP contribution in [-0.2, 0) is 4.74 Å². The van der Waals surface area contributed by atoms with Crippen LogP contribution in [0.25, 0.3) is 0 Å². The molecule has 0 radical (unpaired) electrons. The van der Waals surface area contributed by atoms with Crippen molar-refractivity contribution in [3.63, 3.8) is 0 Å². The predicted octanol–water partition coefficient (Wildman–Crippen LogP) is 2.79. The second-order valence-corrected chi connectivity index (χ2v) is 7.13. The van der Waals surface area contributed by atoms with Gasteiger partial charge in [-0.25, -0.2) is 0 Å². The number of ether oxygens (including phenoxy) is 1. The quantitative estimate of drug-likeness (QED) is 0.849. The molecule has 3 nitrogen and oxygen atoms in total. The number of alkyl halides is 3. The average molecular weight is 308 g/mol. The van der Waals surface area contributed by atoms with E-state index in [0.717, 1.165) is 19.4 Å². The Bertz CT molecular complexity index is 372. The van der Waals surface area contributed by atoms with Crippen LogP contribution >= 0.6 is 0 Å². The fourth-order valence-corrected chi connectivity index (χ4v) is 4.14. The van der Waals surface area contributed by atoms with Gasteiger partial charge < -0.3 is 10.5 Å². The third kappa shape index (κ3) is 3.08. The van der Waals surface area contributed by atoms with Crippen LogP contribution in [0.4, 0.5) is 13.2 Å². The Morgan fingerprint density at radius 1 is 1.33 bits per heavy atom. The lowest BCUT2D eigenvalue weighted by Gasteiger charge is -2.67. The molecule has 3 unspecified atom stereocenters. The number of hydrogen-bond acceptors (Lipinski definition) is 3. The molecule has 2 N–H and O–H groups in total. The maximum atomic E-state index is 12.7. The van der Waals surface area contributed by atoms with Crippen molar-refractivity contribution >= 4 is 0 Å². The molecular formula is C15H27F3N2O. The summed E-state index contributed by atoms with van der Waals surface area (Å²) >= 11 is 0. The van der Waals surface area contributed by atoms with E-state index < -0.39 is 18.3 Å². The van der Waals surface area contributed by atoms with Crippen LogP contribution in [0.5, 0.6) is 0 Å². The van der Waals surface area contributed by atoms with Gasteiger partial charge in [0.2, 0.25) is 0 Å². The van der Waals surface area contributed by atoms with Gasteiger partial charge in [0.25, 0.3) is 0 Å². The molecule has 1 aliphatic carbocycles. The highest BCUT2D eigenvalue weighted by molar-refractivity contribution is 5.20. The van der Waals surface area contributed by atoms with Crippen molar-refractivity contribution in [3.8, 4) is 0 Å². The Morgan fingerprint density at radius 3 is 2.57 bits per heavy atom. The molecule has 124 valence electrons. The van der Waals surface area contributed by atoms with Crippen molar-refractivity contribution in [2.45, 2.75) is 57.9 Å². The van der Waals surface area contributed by atoms with E-state index in [9.17, 15) is 13.2 Å². The largest absolute Gasteiger partial charge is 0.401 e. The molecule has 6 heteroatoms. The molecule has 2 aliphatic rings. The smallest absolute Gasteiger partial charge is 0.377 e. The van der Waals surface area contributed by atoms with Gasteiger partial charge >= 0.3 is 6.18 Å². The van der Waals surface area contributed by atoms with Crippen LogP contribution in [-0.4, -0.2) is 49.0 Å². The standard InChI is InChI=1S/C15H27F3N2O/c1-4-7-20(10-15(16,17)18)9-14(19)11-6-5-8-21-12(11)13(14,2)3/h11-12H,4-10,19H2,1-3H3. The zero-order chi connectivity index (χ0) is 15.9. The van der Waals surface area contributed by atoms with Gasteiger partial charge in [0.15, 0.2) is 0 Å². The minimum Gasteiger partial charge on any atom is -0.377 e. The van der Waals surface area contributed by atoms with Crippen LogP contribution in [0.15, 0.2) is 0 Å². The lowest BCUT2D eigenvalue weighted by molar-refractivity contribution is -0.236. The van der Waals surface area contributed by atoms with E-state index in [1.807, 2.05) is 20.8 Å². The van der Waals surface area contributed by atoms with Crippen LogP contribution in [0.1, 0.15) is 40.0 Å². The van der Waals surface area contributed by atoms with Gasteiger partial charge in [-0.3, -0.25) is 4.90 Å². The molecule has 0 amide bonds. The first-order chi connectivity index (χ1) is 9.62. The summed E-state index contributed by atoms with van der Waals surface area (Å²) in [5.41, 5.74) is 5.72. The molecule has 3 atom stereocenters. The molecule has 0 bridgehead atoms. The van der Waals surface area contributed by atoms with Crippen molar-refractivity contribution in [2.75, 3.05) is 26.2 Å². The SMILES string of the molecule is CCCN(CC(F)(F)F)CC1(N)C2CCCOC2C1(C)C. The molecule has 2 fully saturated rings. The van der Waals surface area contributed by atoms with Gasteiger partial charge in [-0.05, 0) is 25.8 Å². The summed E-state index contributed by atoms with van der Waals surface area (Å²) in [6.07, 6.45) is -1.50. The van der Waals surface area contributed by atoms with Gasteiger partial charge in [0.05, 0.1) is 12.6 Å². The van der Waals surface area contributed by atoms with E-state index in [0.29, 0.717) is 13.0 Å². The van der Waals surface area contributed by atoms with Crippen LogP contribution in [0.3, 0.4) is 0 Å².